The second-order valence-corrected chi connectivity index (χ2v) is 4.16. The lowest BCUT2D eigenvalue weighted by atomic mass is 10.0. The third-order valence-corrected chi connectivity index (χ3v) is 3.13. The quantitative estimate of drug-likeness (QED) is 0.826. The molecule has 2 atom stereocenters. The van der Waals surface area contributed by atoms with Crippen LogP contribution in [0.3, 0.4) is 0 Å². The van der Waals surface area contributed by atoms with E-state index in [2.05, 4.69) is 35.0 Å². The molecule has 1 aromatic rings. The second-order valence-electron chi connectivity index (χ2n) is 4.16. The lowest BCUT2D eigenvalue weighted by Crippen LogP contribution is -2.33. The molecular formula is C12H21N3O. The van der Waals surface area contributed by atoms with E-state index in [-0.39, 0.29) is 6.04 Å². The Hall–Kier alpha value is -0.870. The van der Waals surface area contributed by atoms with E-state index in [4.69, 9.17) is 4.74 Å². The van der Waals surface area contributed by atoms with Gasteiger partial charge in [-0.05, 0) is 32.4 Å². The zero-order valence-electron chi connectivity index (χ0n) is 10.1. The first-order chi connectivity index (χ1) is 7.86. The molecule has 0 saturated carbocycles. The third kappa shape index (κ3) is 2.28. The van der Waals surface area contributed by atoms with Gasteiger partial charge in [-0.15, -0.1) is 0 Å². The molecule has 0 bridgehead atoms. The van der Waals surface area contributed by atoms with Gasteiger partial charge < -0.3 is 10.1 Å². The van der Waals surface area contributed by atoms with Gasteiger partial charge in [0.2, 0.25) is 0 Å². The maximum absolute atomic E-state index is 5.79. The number of hydrogen-bond acceptors (Lipinski definition) is 3. The van der Waals surface area contributed by atoms with Crippen molar-refractivity contribution in [2.75, 3.05) is 13.2 Å². The molecule has 0 aromatic carbocycles. The largest absolute Gasteiger partial charge is 0.376 e. The summed E-state index contributed by atoms with van der Waals surface area (Å²) in [5.41, 5.74) is 1.25. The molecule has 0 spiro atoms. The fourth-order valence-electron chi connectivity index (χ4n) is 2.38. The first-order valence-corrected chi connectivity index (χ1v) is 6.23. The van der Waals surface area contributed by atoms with Crippen molar-refractivity contribution in [2.24, 2.45) is 0 Å². The number of aryl methyl sites for hydroxylation is 1. The summed E-state index contributed by atoms with van der Waals surface area (Å²) in [5.74, 6) is 0. The maximum atomic E-state index is 5.79. The summed E-state index contributed by atoms with van der Waals surface area (Å²) < 4.78 is 7.84. The van der Waals surface area contributed by atoms with E-state index in [0.29, 0.717) is 6.10 Å². The first-order valence-electron chi connectivity index (χ1n) is 6.23. The van der Waals surface area contributed by atoms with E-state index in [1.54, 1.807) is 0 Å². The van der Waals surface area contributed by atoms with Crippen LogP contribution in [-0.4, -0.2) is 29.0 Å². The highest BCUT2D eigenvalue weighted by Crippen LogP contribution is 2.26. The highest BCUT2D eigenvalue weighted by molar-refractivity contribution is 5.10. The molecule has 1 aliphatic heterocycles. The Kier molecular flexibility index (Phi) is 3.96. The molecule has 1 aromatic heterocycles. The van der Waals surface area contributed by atoms with Crippen LogP contribution in [0.25, 0.3) is 0 Å². The molecule has 1 N–H and O–H groups in total. The van der Waals surface area contributed by atoms with Crippen LogP contribution < -0.4 is 5.32 Å². The van der Waals surface area contributed by atoms with Gasteiger partial charge in [-0.25, -0.2) is 0 Å². The Balaban J connectivity index is 2.17. The van der Waals surface area contributed by atoms with Crippen molar-refractivity contribution in [3.8, 4) is 0 Å². The van der Waals surface area contributed by atoms with Crippen LogP contribution in [0.4, 0.5) is 0 Å². The van der Waals surface area contributed by atoms with E-state index in [0.717, 1.165) is 26.1 Å². The van der Waals surface area contributed by atoms with E-state index in [1.807, 2.05) is 6.20 Å². The molecule has 0 aliphatic carbocycles. The van der Waals surface area contributed by atoms with Crippen molar-refractivity contribution < 1.29 is 4.74 Å². The third-order valence-electron chi connectivity index (χ3n) is 3.13. The molecule has 2 rings (SSSR count). The van der Waals surface area contributed by atoms with Crippen LogP contribution in [0, 0.1) is 0 Å². The van der Waals surface area contributed by atoms with E-state index in [1.165, 1.54) is 12.1 Å². The topological polar surface area (TPSA) is 39.1 Å². The highest BCUT2D eigenvalue weighted by atomic mass is 16.5. The molecule has 1 saturated heterocycles. The predicted octanol–water partition coefficient (Wildman–Crippen LogP) is 1.73. The average Bonchev–Trinajstić information content (AvgIpc) is 2.96. The molecule has 2 unspecified atom stereocenters. The van der Waals surface area contributed by atoms with Crippen LogP contribution in [0.1, 0.15) is 38.4 Å². The van der Waals surface area contributed by atoms with Crippen molar-refractivity contribution in [1.82, 2.24) is 15.1 Å². The number of nitrogens with one attached hydrogen (secondary N) is 1. The van der Waals surface area contributed by atoms with Crippen molar-refractivity contribution in [1.29, 1.82) is 0 Å². The number of hydrogen-bond donors (Lipinski definition) is 1. The highest BCUT2D eigenvalue weighted by Gasteiger charge is 2.28. The fraction of sp³-hybridized carbons (Fsp3) is 0.750. The minimum atomic E-state index is 0.287. The minimum Gasteiger partial charge on any atom is -0.376 e. The van der Waals surface area contributed by atoms with Gasteiger partial charge in [-0.3, -0.25) is 4.68 Å². The van der Waals surface area contributed by atoms with Crippen LogP contribution in [0.15, 0.2) is 12.3 Å². The smallest absolute Gasteiger partial charge is 0.0785 e. The van der Waals surface area contributed by atoms with Gasteiger partial charge in [0.25, 0.3) is 0 Å². The Labute approximate surface area is 97.0 Å². The summed E-state index contributed by atoms with van der Waals surface area (Å²) in [5, 5.41) is 7.85. The van der Waals surface area contributed by atoms with Crippen molar-refractivity contribution in [3.63, 3.8) is 0 Å². The number of rotatable bonds is 5. The Morgan fingerprint density at radius 3 is 3.12 bits per heavy atom. The SMILES string of the molecule is CCNC(c1ccnn1CC)C1CCCO1. The summed E-state index contributed by atoms with van der Waals surface area (Å²) in [6.45, 7) is 7.02. The van der Waals surface area contributed by atoms with Gasteiger partial charge >= 0.3 is 0 Å². The van der Waals surface area contributed by atoms with Crippen LogP contribution in [0.5, 0.6) is 0 Å². The Bertz CT molecular complexity index is 318. The van der Waals surface area contributed by atoms with Gasteiger partial charge in [0.05, 0.1) is 17.8 Å². The maximum Gasteiger partial charge on any atom is 0.0785 e. The summed E-state index contributed by atoms with van der Waals surface area (Å²) in [6.07, 6.45) is 4.50. The molecule has 90 valence electrons. The predicted molar refractivity (Wildman–Crippen MR) is 63.3 cm³/mol. The molecule has 4 nitrogen and oxygen atoms in total. The number of likely N-dealkylation sites (N-methyl/N-ethyl adjacent to an activating group) is 1. The summed E-state index contributed by atoms with van der Waals surface area (Å²) in [4.78, 5) is 0. The zero-order valence-corrected chi connectivity index (χ0v) is 10.1. The normalized spacial score (nSPS) is 22.5. The van der Waals surface area contributed by atoms with E-state index >= 15 is 0 Å². The molecule has 4 heteroatoms. The molecule has 0 amide bonds. The molecule has 0 radical (unpaired) electrons. The summed E-state index contributed by atoms with van der Waals surface area (Å²) in [6, 6.07) is 2.38. The lowest BCUT2D eigenvalue weighted by Gasteiger charge is -2.24. The first kappa shape index (κ1) is 11.6. The Morgan fingerprint density at radius 1 is 1.62 bits per heavy atom. The van der Waals surface area contributed by atoms with Gasteiger partial charge in [-0.1, -0.05) is 6.92 Å². The fourth-order valence-corrected chi connectivity index (χ4v) is 2.38. The standard InChI is InChI=1S/C12H21N3O/c1-3-13-12(11-6-5-9-16-11)10-7-8-14-15(10)4-2/h7-8,11-13H,3-6,9H2,1-2H3. The van der Waals surface area contributed by atoms with Gasteiger partial charge in [0.15, 0.2) is 0 Å². The second kappa shape index (κ2) is 5.46. The van der Waals surface area contributed by atoms with Gasteiger partial charge in [0, 0.05) is 19.3 Å². The Morgan fingerprint density at radius 2 is 2.50 bits per heavy atom. The van der Waals surface area contributed by atoms with Crippen molar-refractivity contribution in [3.05, 3.63) is 18.0 Å². The lowest BCUT2D eigenvalue weighted by molar-refractivity contribution is 0.0760. The van der Waals surface area contributed by atoms with E-state index in [9.17, 15) is 0 Å². The number of ether oxygens (including phenoxy) is 1. The summed E-state index contributed by atoms with van der Waals surface area (Å²) in [7, 11) is 0. The molecule has 1 aliphatic rings. The summed E-state index contributed by atoms with van der Waals surface area (Å²) >= 11 is 0. The molecule has 2 heterocycles. The number of nitrogens with zero attached hydrogens (tertiary/aromatic N) is 2. The van der Waals surface area contributed by atoms with Gasteiger partial charge in [0.1, 0.15) is 0 Å². The van der Waals surface area contributed by atoms with Crippen LogP contribution >= 0.6 is 0 Å². The monoisotopic (exact) mass is 223 g/mol. The van der Waals surface area contributed by atoms with Crippen LogP contribution in [0.2, 0.25) is 0 Å². The molecule has 1 fully saturated rings. The van der Waals surface area contributed by atoms with Crippen LogP contribution in [-0.2, 0) is 11.3 Å². The minimum absolute atomic E-state index is 0.287. The number of aromatic nitrogens is 2. The van der Waals surface area contributed by atoms with Crippen molar-refractivity contribution >= 4 is 0 Å². The average molecular weight is 223 g/mol. The van der Waals surface area contributed by atoms with E-state index < -0.39 is 0 Å². The molecule has 16 heavy (non-hydrogen) atoms. The molecular weight excluding hydrogens is 202 g/mol. The van der Waals surface area contributed by atoms with Crippen molar-refractivity contribution in [2.45, 2.75) is 45.4 Å². The van der Waals surface area contributed by atoms with Gasteiger partial charge in [-0.2, -0.15) is 5.10 Å². The zero-order chi connectivity index (χ0) is 11.4.